The predicted molar refractivity (Wildman–Crippen MR) is 175 cm³/mol. The van der Waals surface area contributed by atoms with Gasteiger partial charge in [0.25, 0.3) is 0 Å². The summed E-state index contributed by atoms with van der Waals surface area (Å²) < 4.78 is 403. The van der Waals surface area contributed by atoms with Crippen LogP contribution < -0.4 is 206 Å². The van der Waals surface area contributed by atoms with Gasteiger partial charge in [0, 0.05) is 40.8 Å². The first kappa shape index (κ1) is 87.8. The van der Waals surface area contributed by atoms with E-state index in [1.54, 1.807) is 4.74 Å². The molecule has 0 saturated carbocycles. The van der Waals surface area contributed by atoms with Gasteiger partial charge in [0.05, 0.1) is 20.8 Å². The summed E-state index contributed by atoms with van der Waals surface area (Å²) in [6.07, 6.45) is -32.3. The Morgan fingerprint density at radius 2 is 0.808 bits per heavy atom. The number of hydrogen-bond donors (Lipinski definition) is 1. The number of hydrogen-bond acceptors (Lipinski definition) is 13. The summed E-state index contributed by atoms with van der Waals surface area (Å²) in [6.45, 7) is 0. The zero-order valence-corrected chi connectivity index (χ0v) is 52.8. The van der Waals surface area contributed by atoms with Crippen LogP contribution in [0, 0.1) is 69.8 Å². The van der Waals surface area contributed by atoms with Gasteiger partial charge in [-0.05, 0) is 11.8 Å². The SMILES string of the molecule is Fc1cc(F)c(F)c(S)c1F.Fc1cc(F)c(F)c([S-])c1F.O=S(=O)([O-])C(F)(F)C(F)(F)OC(F)(F)C(F)(F)Sc1c(F)c(F)cc(F)c1F.O=[S-](=O)OC(F)(F)C(F)(F)OC(F)(F)C(F)(F)I.[K+].[K+].[K+].[K+].[OH-]. The van der Waals surface area contributed by atoms with Crippen molar-refractivity contribution in [2.45, 2.75) is 59.7 Å². The number of thiol groups is 1. The van der Waals surface area contributed by atoms with E-state index in [1.807, 2.05) is 4.74 Å². The van der Waals surface area contributed by atoms with Crippen molar-refractivity contribution in [1.29, 1.82) is 0 Å². The second-order valence-electron chi connectivity index (χ2n) is 10.6. The molecule has 0 saturated heterocycles. The van der Waals surface area contributed by atoms with E-state index in [0.29, 0.717) is 0 Å². The van der Waals surface area contributed by atoms with Gasteiger partial charge in [-0.1, -0.05) is 4.90 Å². The van der Waals surface area contributed by atoms with E-state index >= 15 is 0 Å². The molecule has 0 fully saturated rings. The van der Waals surface area contributed by atoms with Crippen molar-refractivity contribution in [2.75, 3.05) is 0 Å². The zero-order valence-electron chi connectivity index (χ0n) is 34.0. The molecule has 0 atom stereocenters. The molecule has 0 bridgehead atoms. The third-order valence-corrected chi connectivity index (χ3v) is 9.45. The molecular formula is C26H5F28IK4O9S5. The molecule has 0 amide bonds. The fourth-order valence-electron chi connectivity index (χ4n) is 2.78. The van der Waals surface area contributed by atoms with E-state index in [-0.39, 0.29) is 246 Å². The van der Waals surface area contributed by atoms with E-state index in [4.69, 9.17) is 0 Å². The standard InChI is InChI=1S/C10H2F12O4S2.2C6H2F4S.C4F8IO4S.4K.H2O/c11-2-1-3(12)5(14)6(4(2)13)27-9(19,20)7(15,16)26-8(17,18)10(21,22)28(23,24)25;2*7-2-1-3(8)5(10)6(11)4(2)9;5-1(6,13)2(7,8)16-3(9,10)4(11,12)17-18(14)15;;;;;/h1H,(H,23,24,25);2*1,11H;;;;;;1H2/q;;;-1;4*+1;/p-3. The van der Waals surface area contributed by atoms with Crippen molar-refractivity contribution < 1.29 is 369 Å². The first-order valence-electron chi connectivity index (χ1n) is 14.3. The van der Waals surface area contributed by atoms with Crippen LogP contribution in [0.4, 0.5) is 123 Å². The molecule has 0 aliphatic rings. The van der Waals surface area contributed by atoms with Crippen LogP contribution >= 0.6 is 47.0 Å². The minimum Gasteiger partial charge on any atom is -0.870 e. The van der Waals surface area contributed by atoms with E-state index in [1.165, 1.54) is 0 Å². The number of alkyl halides is 17. The van der Waals surface area contributed by atoms with Gasteiger partial charge in [-0.3, -0.25) is 0 Å². The Balaban J connectivity index is -0.000000215. The summed E-state index contributed by atoms with van der Waals surface area (Å²) in [5, 5.41) is -13.3. The van der Waals surface area contributed by atoms with Crippen molar-refractivity contribution >= 4 is 80.7 Å². The van der Waals surface area contributed by atoms with Crippen LogP contribution in [-0.2, 0) is 55.8 Å². The minimum atomic E-state index is -7.42. The molecule has 0 aliphatic heterocycles. The zero-order chi connectivity index (χ0) is 54.7. The fourth-order valence-corrected chi connectivity index (χ4v) is 4.69. The van der Waals surface area contributed by atoms with Crippen molar-refractivity contribution in [3.05, 3.63) is 88.0 Å². The van der Waals surface area contributed by atoms with Crippen LogP contribution in [0.25, 0.3) is 0 Å². The topological polar surface area (TPSA) is 149 Å². The predicted octanol–water partition coefficient (Wildman–Crippen LogP) is -0.162. The van der Waals surface area contributed by atoms with E-state index in [0.717, 1.165) is 0 Å². The first-order chi connectivity index (χ1) is 29.9. The fraction of sp³-hybridized carbons (Fsp3) is 0.308. The largest absolute Gasteiger partial charge is 1.00 e. The number of ether oxygens (including phenoxy) is 2. The second-order valence-corrected chi connectivity index (χ2v) is 15.9. The Labute approximate surface area is 586 Å². The van der Waals surface area contributed by atoms with Gasteiger partial charge >= 0.3 is 251 Å². The van der Waals surface area contributed by atoms with Crippen molar-refractivity contribution in [3.8, 4) is 0 Å². The van der Waals surface area contributed by atoms with Crippen LogP contribution in [0.3, 0.4) is 0 Å². The van der Waals surface area contributed by atoms with Crippen molar-refractivity contribution in [3.63, 3.8) is 0 Å². The molecule has 9 nitrogen and oxygen atoms in total. The average Bonchev–Trinajstić information content (AvgIpc) is 3.14. The molecule has 73 heavy (non-hydrogen) atoms. The molecule has 0 radical (unpaired) electrons. The maximum atomic E-state index is 13.4. The number of halogens is 29. The molecule has 400 valence electrons. The second kappa shape index (κ2) is 33.2. The van der Waals surface area contributed by atoms with Crippen LogP contribution in [0.1, 0.15) is 0 Å². The quantitative estimate of drug-likeness (QED) is 0.0281. The normalized spacial score (nSPS) is 12.4. The van der Waals surface area contributed by atoms with Gasteiger partial charge in [-0.2, -0.15) is 70.2 Å². The molecule has 47 heteroatoms. The molecule has 3 aromatic rings. The first-order valence-corrected chi connectivity index (χ1v) is 19.4. The number of benzene rings is 3. The van der Waals surface area contributed by atoms with E-state index in [2.05, 4.69) is 29.4 Å². The summed E-state index contributed by atoms with van der Waals surface area (Å²) in [4.78, 5) is -4.51. The molecule has 0 aromatic heterocycles. The molecule has 0 spiro atoms. The van der Waals surface area contributed by atoms with Crippen LogP contribution in [0.15, 0.2) is 32.9 Å². The van der Waals surface area contributed by atoms with Gasteiger partial charge in [0.1, 0.15) is 11.6 Å². The van der Waals surface area contributed by atoms with E-state index in [9.17, 15) is 144 Å². The van der Waals surface area contributed by atoms with Gasteiger partial charge in [0.15, 0.2) is 68.3 Å². The summed E-state index contributed by atoms with van der Waals surface area (Å²) in [7, 11) is -11.6. The summed E-state index contributed by atoms with van der Waals surface area (Å²) in [5.41, 5.74) is 0. The third kappa shape index (κ3) is 24.0. The molecule has 0 aliphatic carbocycles. The minimum absolute atomic E-state index is 0. The van der Waals surface area contributed by atoms with Crippen LogP contribution in [0.5, 0.6) is 0 Å². The average molecular weight is 1440 g/mol. The van der Waals surface area contributed by atoms with Gasteiger partial charge < -0.3 is 35.3 Å². The summed E-state index contributed by atoms with van der Waals surface area (Å²) in [5.74, 6) is -22.0. The Morgan fingerprint density at radius 3 is 1.10 bits per heavy atom. The van der Waals surface area contributed by atoms with Gasteiger partial charge in [0.2, 0.25) is 0 Å². The molecular weight excluding hydrogens is 1430 g/mol. The number of thioether (sulfide) groups is 1. The molecule has 3 rings (SSSR count). The Morgan fingerprint density at radius 1 is 0.521 bits per heavy atom. The molecule has 0 heterocycles. The monoisotopic (exact) mass is 1440 g/mol. The summed E-state index contributed by atoms with van der Waals surface area (Å²) in [6, 6.07) is -0.291. The van der Waals surface area contributed by atoms with Crippen LogP contribution in [-0.4, -0.2) is 63.4 Å². The Hall–Kier alpha value is 3.60. The third-order valence-electron chi connectivity index (χ3n) is 5.81. The Kier molecular flexibility index (Phi) is 39.9. The molecule has 3 aromatic carbocycles. The van der Waals surface area contributed by atoms with Crippen molar-refractivity contribution in [2.24, 2.45) is 0 Å². The maximum absolute atomic E-state index is 13.4. The van der Waals surface area contributed by atoms with Crippen LogP contribution in [0.2, 0.25) is 0 Å². The number of rotatable bonds is 13. The molecule has 0 unspecified atom stereocenters. The smallest absolute Gasteiger partial charge is 0.870 e. The Bertz CT molecular complexity index is 2370. The van der Waals surface area contributed by atoms with Gasteiger partial charge in [-0.15, -0.1) is 12.6 Å². The van der Waals surface area contributed by atoms with Crippen molar-refractivity contribution in [1.82, 2.24) is 0 Å². The van der Waals surface area contributed by atoms with Gasteiger partial charge in [-0.25, -0.2) is 70.6 Å². The molecule has 1 N–H and O–H groups in total. The summed E-state index contributed by atoms with van der Waals surface area (Å²) >= 11 is 4.77. The maximum Gasteiger partial charge on any atom is 1.00 e. The van der Waals surface area contributed by atoms with E-state index < -0.39 is 168 Å².